The predicted octanol–water partition coefficient (Wildman–Crippen LogP) is 1.86. The summed E-state index contributed by atoms with van der Waals surface area (Å²) in [6.07, 6.45) is -0.618. The van der Waals surface area contributed by atoms with Crippen LogP contribution in [0.25, 0.3) is 0 Å². The predicted molar refractivity (Wildman–Crippen MR) is 71.1 cm³/mol. The van der Waals surface area contributed by atoms with E-state index >= 15 is 0 Å². The highest BCUT2D eigenvalue weighted by atomic mass is 16.5. The van der Waals surface area contributed by atoms with E-state index in [1.165, 1.54) is 0 Å². The summed E-state index contributed by atoms with van der Waals surface area (Å²) in [5.74, 6) is 0.742. The number of carbonyl (C=O) groups excluding carboxylic acids is 1. The second-order valence-electron chi connectivity index (χ2n) is 3.86. The Balaban J connectivity index is 2.88. The Bertz CT molecular complexity index is 480. The highest BCUT2D eigenvalue weighted by Crippen LogP contribution is 2.29. The van der Waals surface area contributed by atoms with Crippen LogP contribution in [0.3, 0.4) is 0 Å². The van der Waals surface area contributed by atoms with Gasteiger partial charge in [-0.3, -0.25) is 4.79 Å². The van der Waals surface area contributed by atoms with Crippen molar-refractivity contribution in [1.29, 1.82) is 5.26 Å². The largest absolute Gasteiger partial charge is 0.490 e. The van der Waals surface area contributed by atoms with Gasteiger partial charge in [0.25, 0.3) is 5.91 Å². The van der Waals surface area contributed by atoms with Gasteiger partial charge in [-0.1, -0.05) is 0 Å². The second-order valence-corrected chi connectivity index (χ2v) is 3.86. The van der Waals surface area contributed by atoms with E-state index in [2.05, 4.69) is 5.32 Å². The summed E-state index contributed by atoms with van der Waals surface area (Å²) in [6.45, 7) is 6.37. The topological polar surface area (TPSA) is 71.3 Å². The maximum absolute atomic E-state index is 11.6. The average molecular weight is 262 g/mol. The van der Waals surface area contributed by atoms with Gasteiger partial charge >= 0.3 is 0 Å². The first kappa shape index (κ1) is 14.8. The zero-order valence-corrected chi connectivity index (χ0v) is 11.4. The van der Waals surface area contributed by atoms with E-state index in [4.69, 9.17) is 14.7 Å². The number of ether oxygens (including phenoxy) is 2. The zero-order valence-electron chi connectivity index (χ0n) is 11.4. The number of likely N-dealkylation sites (N-methyl/N-ethyl adjacent to an activating group) is 1. The van der Waals surface area contributed by atoms with Gasteiger partial charge in [-0.05, 0) is 32.9 Å². The molecule has 1 unspecified atom stereocenters. The summed E-state index contributed by atoms with van der Waals surface area (Å²) in [6, 6.07) is 6.90. The fraction of sp³-hybridized carbons (Fsp3) is 0.429. The van der Waals surface area contributed by atoms with Crippen molar-refractivity contribution in [2.24, 2.45) is 0 Å². The molecule has 0 saturated heterocycles. The molecule has 1 N–H and O–H groups in total. The fourth-order valence-corrected chi connectivity index (χ4v) is 1.51. The Morgan fingerprint density at radius 2 is 2.16 bits per heavy atom. The van der Waals surface area contributed by atoms with Gasteiger partial charge in [0.15, 0.2) is 17.6 Å². The van der Waals surface area contributed by atoms with Crippen LogP contribution in [0.2, 0.25) is 0 Å². The van der Waals surface area contributed by atoms with Gasteiger partial charge in [0.05, 0.1) is 18.2 Å². The van der Waals surface area contributed by atoms with Crippen LogP contribution < -0.4 is 14.8 Å². The molecule has 0 saturated carbocycles. The minimum absolute atomic E-state index is 0.186. The van der Waals surface area contributed by atoms with E-state index in [1.807, 2.05) is 19.9 Å². The Labute approximate surface area is 113 Å². The molecule has 5 heteroatoms. The highest BCUT2D eigenvalue weighted by Gasteiger charge is 2.16. The third-order valence-electron chi connectivity index (χ3n) is 2.40. The van der Waals surface area contributed by atoms with Crippen LogP contribution in [-0.2, 0) is 4.79 Å². The lowest BCUT2D eigenvalue weighted by molar-refractivity contribution is -0.127. The lowest BCUT2D eigenvalue weighted by Gasteiger charge is -2.17. The monoisotopic (exact) mass is 262 g/mol. The number of nitrogens with one attached hydrogen (secondary N) is 1. The number of hydrogen-bond acceptors (Lipinski definition) is 4. The van der Waals surface area contributed by atoms with E-state index in [-0.39, 0.29) is 5.91 Å². The minimum Gasteiger partial charge on any atom is -0.490 e. The molecule has 1 atom stereocenters. The van der Waals surface area contributed by atoms with Crippen molar-refractivity contribution in [1.82, 2.24) is 5.32 Å². The van der Waals surface area contributed by atoms with E-state index < -0.39 is 6.10 Å². The third kappa shape index (κ3) is 4.18. The van der Waals surface area contributed by atoms with E-state index in [0.29, 0.717) is 30.2 Å². The molecule has 19 heavy (non-hydrogen) atoms. The van der Waals surface area contributed by atoms with Crippen LogP contribution in [0.5, 0.6) is 11.5 Å². The number of amides is 1. The molecule has 0 bridgehead atoms. The summed E-state index contributed by atoms with van der Waals surface area (Å²) < 4.78 is 11.0. The van der Waals surface area contributed by atoms with Gasteiger partial charge in [-0.15, -0.1) is 0 Å². The van der Waals surface area contributed by atoms with Crippen molar-refractivity contribution in [2.45, 2.75) is 26.9 Å². The lowest BCUT2D eigenvalue weighted by atomic mass is 10.2. The van der Waals surface area contributed by atoms with Gasteiger partial charge in [0.2, 0.25) is 0 Å². The molecule has 5 nitrogen and oxygen atoms in total. The summed E-state index contributed by atoms with van der Waals surface area (Å²) in [7, 11) is 0. The van der Waals surface area contributed by atoms with Crippen molar-refractivity contribution in [3.8, 4) is 17.6 Å². The van der Waals surface area contributed by atoms with E-state index in [1.54, 1.807) is 25.1 Å². The molecule has 0 aliphatic heterocycles. The molecule has 1 rings (SSSR count). The Morgan fingerprint density at radius 3 is 2.74 bits per heavy atom. The molecule has 0 heterocycles. The molecular weight excluding hydrogens is 244 g/mol. The molecule has 1 aromatic rings. The van der Waals surface area contributed by atoms with Gasteiger partial charge in [0, 0.05) is 12.6 Å². The molecule has 1 aromatic carbocycles. The third-order valence-corrected chi connectivity index (χ3v) is 2.40. The lowest BCUT2D eigenvalue weighted by Crippen LogP contribution is -2.36. The molecule has 0 aliphatic rings. The Morgan fingerprint density at radius 1 is 1.42 bits per heavy atom. The van der Waals surface area contributed by atoms with Gasteiger partial charge in [-0.25, -0.2) is 0 Å². The SMILES string of the molecule is CCNC(=O)C(C)Oc1ccc(C#N)cc1OCC. The van der Waals surface area contributed by atoms with Crippen molar-refractivity contribution in [3.63, 3.8) is 0 Å². The van der Waals surface area contributed by atoms with Crippen molar-refractivity contribution >= 4 is 5.91 Å². The van der Waals surface area contributed by atoms with Crippen LogP contribution in [0.1, 0.15) is 26.3 Å². The standard InChI is InChI=1S/C14H18N2O3/c1-4-16-14(17)10(3)19-12-7-6-11(9-15)8-13(12)18-5-2/h6-8,10H,4-5H2,1-3H3,(H,16,17). The first-order valence-electron chi connectivity index (χ1n) is 6.23. The molecule has 102 valence electrons. The number of nitriles is 1. The number of hydrogen-bond donors (Lipinski definition) is 1. The first-order chi connectivity index (χ1) is 9.12. The number of carbonyl (C=O) groups is 1. The van der Waals surface area contributed by atoms with E-state index in [0.717, 1.165) is 0 Å². The molecule has 0 aliphatic carbocycles. The van der Waals surface area contributed by atoms with Crippen LogP contribution in [0.4, 0.5) is 0 Å². The van der Waals surface area contributed by atoms with E-state index in [9.17, 15) is 4.79 Å². The molecule has 0 radical (unpaired) electrons. The van der Waals surface area contributed by atoms with Crippen LogP contribution in [0.15, 0.2) is 18.2 Å². The zero-order chi connectivity index (χ0) is 14.3. The Hall–Kier alpha value is -2.22. The minimum atomic E-state index is -0.618. The van der Waals surface area contributed by atoms with Gasteiger partial charge < -0.3 is 14.8 Å². The van der Waals surface area contributed by atoms with Gasteiger partial charge in [0.1, 0.15) is 0 Å². The highest BCUT2D eigenvalue weighted by molar-refractivity contribution is 5.80. The number of nitrogens with zero attached hydrogens (tertiary/aromatic N) is 1. The summed E-state index contributed by atoms with van der Waals surface area (Å²) in [5, 5.41) is 11.5. The summed E-state index contributed by atoms with van der Waals surface area (Å²) >= 11 is 0. The number of rotatable bonds is 6. The smallest absolute Gasteiger partial charge is 0.260 e. The summed E-state index contributed by atoms with van der Waals surface area (Å²) in [5.41, 5.74) is 0.487. The van der Waals surface area contributed by atoms with Crippen molar-refractivity contribution in [3.05, 3.63) is 23.8 Å². The fourth-order valence-electron chi connectivity index (χ4n) is 1.51. The van der Waals surface area contributed by atoms with Crippen molar-refractivity contribution in [2.75, 3.05) is 13.2 Å². The summed E-state index contributed by atoms with van der Waals surface area (Å²) in [4.78, 5) is 11.6. The maximum atomic E-state index is 11.6. The molecule has 0 fully saturated rings. The maximum Gasteiger partial charge on any atom is 0.260 e. The Kier molecular flexibility index (Phi) is 5.68. The molecular formula is C14H18N2O3. The second kappa shape index (κ2) is 7.27. The van der Waals surface area contributed by atoms with Crippen LogP contribution in [0, 0.1) is 11.3 Å². The van der Waals surface area contributed by atoms with Crippen LogP contribution >= 0.6 is 0 Å². The molecule has 0 aromatic heterocycles. The number of benzene rings is 1. The average Bonchev–Trinajstić information content (AvgIpc) is 2.41. The van der Waals surface area contributed by atoms with Crippen molar-refractivity contribution < 1.29 is 14.3 Å². The van der Waals surface area contributed by atoms with Crippen LogP contribution in [-0.4, -0.2) is 25.2 Å². The first-order valence-corrected chi connectivity index (χ1v) is 6.23. The normalized spacial score (nSPS) is 11.3. The quantitative estimate of drug-likeness (QED) is 0.849. The molecule has 1 amide bonds. The van der Waals surface area contributed by atoms with Gasteiger partial charge in [-0.2, -0.15) is 5.26 Å². The molecule has 0 spiro atoms.